The summed E-state index contributed by atoms with van der Waals surface area (Å²) in [6.07, 6.45) is 0. The first kappa shape index (κ1) is 20.4. The van der Waals surface area contributed by atoms with Crippen molar-refractivity contribution in [2.75, 3.05) is 21.3 Å². The molecule has 0 saturated heterocycles. The maximum atomic E-state index is 6.50. The lowest BCUT2D eigenvalue weighted by molar-refractivity contribution is 0.347. The Morgan fingerprint density at radius 2 is 1.65 bits per heavy atom. The fraction of sp³-hybridized carbons (Fsp3) is 0.526. The summed E-state index contributed by atoms with van der Waals surface area (Å²) in [5.74, 6) is 2.54. The molecule has 2 aromatic rings. The quantitative estimate of drug-likeness (QED) is 0.715. The molecule has 0 aliphatic carbocycles. The summed E-state index contributed by atoms with van der Waals surface area (Å²) in [7, 11) is 4.87. The normalized spacial score (nSPS) is 11.1. The lowest BCUT2D eigenvalue weighted by Crippen LogP contribution is -2.14. The molecule has 1 heterocycles. The zero-order valence-electron chi connectivity index (χ0n) is 16.4. The first-order valence-corrected chi connectivity index (χ1v) is 9.00. The number of hydrogen-bond donors (Lipinski definition) is 1. The van der Waals surface area contributed by atoms with Crippen molar-refractivity contribution in [2.24, 2.45) is 5.92 Å². The molecule has 6 nitrogen and oxygen atoms in total. The van der Waals surface area contributed by atoms with Crippen LogP contribution in [0.1, 0.15) is 30.7 Å². The number of benzene rings is 1. The van der Waals surface area contributed by atoms with E-state index in [4.69, 9.17) is 25.8 Å². The maximum absolute atomic E-state index is 6.50. The van der Waals surface area contributed by atoms with Gasteiger partial charge in [-0.1, -0.05) is 25.4 Å². The Morgan fingerprint density at radius 3 is 2.23 bits per heavy atom. The number of nitrogens with zero attached hydrogens (tertiary/aromatic N) is 2. The molecule has 1 aromatic carbocycles. The third-order valence-electron chi connectivity index (χ3n) is 4.12. The Bertz CT molecular complexity index is 744. The first-order chi connectivity index (χ1) is 12.4. The largest absolute Gasteiger partial charge is 0.496 e. The van der Waals surface area contributed by atoms with Gasteiger partial charge in [0.1, 0.15) is 10.9 Å². The van der Waals surface area contributed by atoms with Crippen LogP contribution in [0.25, 0.3) is 0 Å². The van der Waals surface area contributed by atoms with E-state index in [1.165, 1.54) is 0 Å². The molecule has 0 unspecified atom stereocenters. The van der Waals surface area contributed by atoms with Gasteiger partial charge in [0.25, 0.3) is 0 Å². The monoisotopic (exact) mass is 381 g/mol. The van der Waals surface area contributed by atoms with Crippen LogP contribution in [0.5, 0.6) is 17.2 Å². The number of halogens is 1. The third kappa shape index (κ3) is 4.62. The van der Waals surface area contributed by atoms with Crippen LogP contribution in [-0.4, -0.2) is 31.1 Å². The predicted octanol–water partition coefficient (Wildman–Crippen LogP) is 3.82. The van der Waals surface area contributed by atoms with Crippen LogP contribution >= 0.6 is 11.6 Å². The van der Waals surface area contributed by atoms with Crippen molar-refractivity contribution in [2.45, 2.75) is 40.4 Å². The van der Waals surface area contributed by atoms with Gasteiger partial charge in [0.15, 0.2) is 11.5 Å². The van der Waals surface area contributed by atoms with E-state index in [0.29, 0.717) is 35.7 Å². The van der Waals surface area contributed by atoms with Crippen LogP contribution in [0.4, 0.5) is 0 Å². The molecule has 0 bridgehead atoms. The highest BCUT2D eigenvalue weighted by Gasteiger charge is 2.15. The van der Waals surface area contributed by atoms with Crippen molar-refractivity contribution in [1.82, 2.24) is 15.1 Å². The fourth-order valence-corrected chi connectivity index (χ4v) is 3.12. The SMILES string of the molecule is COc1cc(OC)c(OC)cc1CNCc1c(C)nn(CC(C)C)c1Cl. The van der Waals surface area contributed by atoms with E-state index in [0.717, 1.165) is 29.1 Å². The smallest absolute Gasteiger partial charge is 0.164 e. The van der Waals surface area contributed by atoms with Crippen LogP contribution in [0, 0.1) is 12.8 Å². The Labute approximate surface area is 160 Å². The molecule has 0 radical (unpaired) electrons. The maximum Gasteiger partial charge on any atom is 0.164 e. The molecule has 0 saturated carbocycles. The summed E-state index contributed by atoms with van der Waals surface area (Å²) in [6.45, 7) is 8.32. The van der Waals surface area contributed by atoms with Crippen molar-refractivity contribution in [3.05, 3.63) is 34.1 Å². The summed E-state index contributed by atoms with van der Waals surface area (Å²) >= 11 is 6.50. The summed E-state index contributed by atoms with van der Waals surface area (Å²) in [4.78, 5) is 0. The summed E-state index contributed by atoms with van der Waals surface area (Å²) < 4.78 is 18.0. The lowest BCUT2D eigenvalue weighted by Gasteiger charge is -2.14. The van der Waals surface area contributed by atoms with Gasteiger partial charge in [0.05, 0.1) is 27.0 Å². The van der Waals surface area contributed by atoms with Crippen LogP contribution in [0.2, 0.25) is 5.15 Å². The molecule has 26 heavy (non-hydrogen) atoms. The van der Waals surface area contributed by atoms with E-state index in [-0.39, 0.29) is 0 Å². The summed E-state index contributed by atoms with van der Waals surface area (Å²) in [5, 5.41) is 8.66. The molecule has 2 rings (SSSR count). The molecule has 0 atom stereocenters. The van der Waals surface area contributed by atoms with E-state index in [2.05, 4.69) is 24.3 Å². The second kappa shape index (κ2) is 9.14. The number of methoxy groups -OCH3 is 3. The third-order valence-corrected chi connectivity index (χ3v) is 4.55. The minimum Gasteiger partial charge on any atom is -0.496 e. The van der Waals surface area contributed by atoms with Crippen LogP contribution in [-0.2, 0) is 19.6 Å². The molecule has 0 aliphatic heterocycles. The molecule has 7 heteroatoms. The molecular formula is C19H28ClN3O3. The van der Waals surface area contributed by atoms with Crippen LogP contribution in [0.15, 0.2) is 12.1 Å². The fourth-order valence-electron chi connectivity index (χ4n) is 2.81. The van der Waals surface area contributed by atoms with Gasteiger partial charge < -0.3 is 19.5 Å². The Morgan fingerprint density at radius 1 is 1.04 bits per heavy atom. The standard InChI is InChI=1S/C19H28ClN3O3/c1-12(2)11-23-19(20)15(13(3)22-23)10-21-9-14-7-17(25-5)18(26-6)8-16(14)24-4/h7-8,12,21H,9-11H2,1-6H3. The molecule has 0 amide bonds. The van der Waals surface area contributed by atoms with Crippen LogP contribution in [0.3, 0.4) is 0 Å². The molecular weight excluding hydrogens is 354 g/mol. The number of rotatable bonds is 9. The average Bonchev–Trinajstić information content (AvgIpc) is 2.87. The van der Waals surface area contributed by atoms with Gasteiger partial charge in [0, 0.05) is 36.8 Å². The van der Waals surface area contributed by atoms with Gasteiger partial charge in [-0.3, -0.25) is 4.68 Å². The Balaban J connectivity index is 2.12. The van der Waals surface area contributed by atoms with Crippen LogP contribution < -0.4 is 19.5 Å². The van der Waals surface area contributed by atoms with E-state index in [1.807, 2.05) is 23.7 Å². The molecule has 1 aromatic heterocycles. The minimum absolute atomic E-state index is 0.489. The minimum atomic E-state index is 0.489. The number of ether oxygens (including phenoxy) is 3. The topological polar surface area (TPSA) is 57.5 Å². The highest BCUT2D eigenvalue weighted by molar-refractivity contribution is 6.30. The van der Waals surface area contributed by atoms with E-state index < -0.39 is 0 Å². The van der Waals surface area contributed by atoms with Gasteiger partial charge in [-0.25, -0.2) is 0 Å². The zero-order chi connectivity index (χ0) is 19.3. The highest BCUT2D eigenvalue weighted by Crippen LogP contribution is 2.34. The molecule has 0 aliphatic rings. The Hall–Kier alpha value is -1.92. The van der Waals surface area contributed by atoms with Crippen molar-refractivity contribution in [3.8, 4) is 17.2 Å². The van der Waals surface area contributed by atoms with Gasteiger partial charge in [-0.15, -0.1) is 0 Å². The molecule has 0 spiro atoms. The van der Waals surface area contributed by atoms with Gasteiger partial charge in [0.2, 0.25) is 0 Å². The lowest BCUT2D eigenvalue weighted by atomic mass is 10.1. The van der Waals surface area contributed by atoms with Gasteiger partial charge in [-0.05, 0) is 18.9 Å². The van der Waals surface area contributed by atoms with E-state index in [9.17, 15) is 0 Å². The number of aromatic nitrogens is 2. The van der Waals surface area contributed by atoms with Crippen molar-refractivity contribution in [3.63, 3.8) is 0 Å². The van der Waals surface area contributed by atoms with Gasteiger partial charge in [-0.2, -0.15) is 5.10 Å². The first-order valence-electron chi connectivity index (χ1n) is 8.62. The molecule has 1 N–H and O–H groups in total. The van der Waals surface area contributed by atoms with Crippen molar-refractivity contribution in [1.29, 1.82) is 0 Å². The molecule has 0 fully saturated rings. The van der Waals surface area contributed by atoms with E-state index >= 15 is 0 Å². The number of nitrogens with one attached hydrogen (secondary N) is 1. The predicted molar refractivity (Wildman–Crippen MR) is 103 cm³/mol. The molecule has 144 valence electrons. The second-order valence-corrected chi connectivity index (χ2v) is 6.91. The van der Waals surface area contributed by atoms with Gasteiger partial charge >= 0.3 is 0 Å². The van der Waals surface area contributed by atoms with Crippen molar-refractivity contribution < 1.29 is 14.2 Å². The number of aryl methyl sites for hydroxylation is 1. The summed E-state index contributed by atoms with van der Waals surface area (Å²) in [6, 6.07) is 3.75. The Kier molecular flexibility index (Phi) is 7.17. The van der Waals surface area contributed by atoms with Crippen molar-refractivity contribution >= 4 is 11.6 Å². The number of hydrogen-bond acceptors (Lipinski definition) is 5. The average molecular weight is 382 g/mol. The highest BCUT2D eigenvalue weighted by atomic mass is 35.5. The summed E-state index contributed by atoms with van der Waals surface area (Å²) in [5.41, 5.74) is 2.95. The van der Waals surface area contributed by atoms with E-state index in [1.54, 1.807) is 21.3 Å². The second-order valence-electron chi connectivity index (χ2n) is 6.55. The zero-order valence-corrected chi connectivity index (χ0v) is 17.1.